The van der Waals surface area contributed by atoms with Crippen molar-refractivity contribution in [3.05, 3.63) is 25.3 Å². The average molecular weight is 116 g/mol. The Balaban J connectivity index is 3.96. The standard InChI is InChI=1S/C6H9FO/c1-4-6(7,5-2)8-3/h4-5H,1-2H2,3H3. The maximum Gasteiger partial charge on any atom is 0.247 e. The molecule has 0 aromatic rings. The van der Waals surface area contributed by atoms with Crippen molar-refractivity contribution in [2.75, 3.05) is 7.11 Å². The molecule has 0 aromatic carbocycles. The highest BCUT2D eigenvalue weighted by molar-refractivity contribution is 5.01. The molecule has 0 heterocycles. The number of halogens is 1. The molecule has 0 fully saturated rings. The molecule has 0 bridgehead atoms. The summed E-state index contributed by atoms with van der Waals surface area (Å²) in [4.78, 5) is 0. The van der Waals surface area contributed by atoms with Gasteiger partial charge in [-0.1, -0.05) is 13.2 Å². The molecule has 0 atom stereocenters. The molecule has 0 N–H and O–H groups in total. The summed E-state index contributed by atoms with van der Waals surface area (Å²) in [6, 6.07) is 0. The van der Waals surface area contributed by atoms with Gasteiger partial charge in [0.2, 0.25) is 5.85 Å². The average Bonchev–Trinajstić information content (AvgIpc) is 1.87. The molecule has 0 aliphatic carbocycles. The number of hydrogen-bond donors (Lipinski definition) is 0. The summed E-state index contributed by atoms with van der Waals surface area (Å²) in [7, 11) is 1.25. The lowest BCUT2D eigenvalue weighted by Crippen LogP contribution is -2.17. The van der Waals surface area contributed by atoms with Crippen molar-refractivity contribution in [2.24, 2.45) is 0 Å². The van der Waals surface area contributed by atoms with Crippen LogP contribution >= 0.6 is 0 Å². The number of methoxy groups -OCH3 is 1. The van der Waals surface area contributed by atoms with Crippen LogP contribution in [0.3, 0.4) is 0 Å². The van der Waals surface area contributed by atoms with Gasteiger partial charge in [-0.3, -0.25) is 0 Å². The van der Waals surface area contributed by atoms with Gasteiger partial charge >= 0.3 is 0 Å². The lowest BCUT2D eigenvalue weighted by Gasteiger charge is -2.12. The monoisotopic (exact) mass is 116 g/mol. The molecule has 0 aliphatic heterocycles. The maximum absolute atomic E-state index is 12.5. The Kier molecular flexibility index (Phi) is 2.42. The number of rotatable bonds is 3. The zero-order valence-corrected chi connectivity index (χ0v) is 4.86. The predicted octanol–water partition coefficient (Wildman–Crippen LogP) is 1.67. The quantitative estimate of drug-likeness (QED) is 0.509. The van der Waals surface area contributed by atoms with E-state index in [1.54, 1.807) is 0 Å². The zero-order chi connectivity index (χ0) is 6.62. The summed E-state index contributed by atoms with van der Waals surface area (Å²) in [5.74, 6) is -1.85. The fourth-order valence-corrected chi connectivity index (χ4v) is 0.250. The Morgan fingerprint density at radius 3 is 1.88 bits per heavy atom. The highest BCUT2D eigenvalue weighted by Gasteiger charge is 2.17. The van der Waals surface area contributed by atoms with Gasteiger partial charge in [-0.05, 0) is 12.2 Å². The van der Waals surface area contributed by atoms with Gasteiger partial charge in [0.05, 0.1) is 0 Å². The van der Waals surface area contributed by atoms with Gasteiger partial charge in [-0.15, -0.1) is 0 Å². The summed E-state index contributed by atoms with van der Waals surface area (Å²) >= 11 is 0. The molecular weight excluding hydrogens is 107 g/mol. The Morgan fingerprint density at radius 2 is 1.88 bits per heavy atom. The van der Waals surface area contributed by atoms with Crippen LogP contribution in [0.4, 0.5) is 4.39 Å². The molecule has 0 spiro atoms. The van der Waals surface area contributed by atoms with Crippen molar-refractivity contribution >= 4 is 0 Å². The lowest BCUT2D eigenvalue weighted by molar-refractivity contribution is -0.0363. The first-order valence-electron chi connectivity index (χ1n) is 2.20. The second kappa shape index (κ2) is 2.62. The molecular formula is C6H9FO. The van der Waals surface area contributed by atoms with Crippen LogP contribution in [0.15, 0.2) is 25.3 Å². The van der Waals surface area contributed by atoms with E-state index in [4.69, 9.17) is 0 Å². The third kappa shape index (κ3) is 1.46. The second-order valence-corrected chi connectivity index (χ2v) is 1.31. The minimum absolute atomic E-state index is 1.04. The fraction of sp³-hybridized carbons (Fsp3) is 0.333. The summed E-state index contributed by atoms with van der Waals surface area (Å²) in [5, 5.41) is 0. The van der Waals surface area contributed by atoms with Gasteiger partial charge in [0.25, 0.3) is 0 Å². The molecule has 8 heavy (non-hydrogen) atoms. The van der Waals surface area contributed by atoms with Gasteiger partial charge in [0, 0.05) is 7.11 Å². The summed E-state index contributed by atoms with van der Waals surface area (Å²) < 4.78 is 16.9. The second-order valence-electron chi connectivity index (χ2n) is 1.31. The van der Waals surface area contributed by atoms with E-state index in [-0.39, 0.29) is 0 Å². The van der Waals surface area contributed by atoms with Crippen LogP contribution in [0.25, 0.3) is 0 Å². The molecule has 0 aliphatic rings. The highest BCUT2D eigenvalue weighted by Crippen LogP contribution is 2.12. The predicted molar refractivity (Wildman–Crippen MR) is 31.2 cm³/mol. The van der Waals surface area contributed by atoms with Crippen molar-refractivity contribution < 1.29 is 9.13 Å². The van der Waals surface area contributed by atoms with Crippen LogP contribution in [0.2, 0.25) is 0 Å². The van der Waals surface area contributed by atoms with Crippen LogP contribution < -0.4 is 0 Å². The van der Waals surface area contributed by atoms with E-state index in [9.17, 15) is 4.39 Å². The maximum atomic E-state index is 12.5. The van der Waals surface area contributed by atoms with Crippen molar-refractivity contribution in [3.63, 3.8) is 0 Å². The van der Waals surface area contributed by atoms with Gasteiger partial charge in [-0.25, -0.2) is 4.39 Å². The third-order valence-corrected chi connectivity index (χ3v) is 0.870. The van der Waals surface area contributed by atoms with E-state index in [0.717, 1.165) is 12.2 Å². The number of alkyl halides is 1. The van der Waals surface area contributed by atoms with E-state index in [1.165, 1.54) is 7.11 Å². The fourth-order valence-electron chi connectivity index (χ4n) is 0.250. The van der Waals surface area contributed by atoms with Crippen LogP contribution in [0.1, 0.15) is 0 Å². The van der Waals surface area contributed by atoms with Crippen LogP contribution in [0, 0.1) is 0 Å². The van der Waals surface area contributed by atoms with E-state index >= 15 is 0 Å². The molecule has 2 heteroatoms. The Hall–Kier alpha value is -0.630. The lowest BCUT2D eigenvalue weighted by atomic mass is 10.3. The molecule has 46 valence electrons. The first-order valence-corrected chi connectivity index (χ1v) is 2.20. The van der Waals surface area contributed by atoms with Crippen LogP contribution in [-0.4, -0.2) is 13.0 Å². The summed E-state index contributed by atoms with van der Waals surface area (Å²) in [6.07, 6.45) is 2.08. The molecule has 0 aromatic heterocycles. The van der Waals surface area contributed by atoms with E-state index in [0.29, 0.717) is 0 Å². The smallest absolute Gasteiger partial charge is 0.247 e. The van der Waals surface area contributed by atoms with E-state index < -0.39 is 5.85 Å². The minimum Gasteiger partial charge on any atom is -0.343 e. The molecule has 0 radical (unpaired) electrons. The van der Waals surface area contributed by atoms with E-state index in [2.05, 4.69) is 17.9 Å². The number of hydrogen-bond acceptors (Lipinski definition) is 1. The highest BCUT2D eigenvalue weighted by atomic mass is 19.2. The zero-order valence-electron chi connectivity index (χ0n) is 4.86. The Morgan fingerprint density at radius 1 is 1.50 bits per heavy atom. The third-order valence-electron chi connectivity index (χ3n) is 0.870. The molecule has 0 unspecified atom stereocenters. The molecule has 0 saturated carbocycles. The van der Waals surface area contributed by atoms with Crippen molar-refractivity contribution in [3.8, 4) is 0 Å². The summed E-state index contributed by atoms with van der Waals surface area (Å²) in [6.45, 7) is 6.41. The van der Waals surface area contributed by atoms with Crippen molar-refractivity contribution in [2.45, 2.75) is 5.85 Å². The van der Waals surface area contributed by atoms with Gasteiger partial charge in [0.1, 0.15) is 0 Å². The van der Waals surface area contributed by atoms with Crippen molar-refractivity contribution in [1.29, 1.82) is 0 Å². The topological polar surface area (TPSA) is 9.23 Å². The van der Waals surface area contributed by atoms with Crippen LogP contribution in [-0.2, 0) is 4.74 Å². The summed E-state index contributed by atoms with van der Waals surface area (Å²) in [5.41, 5.74) is 0. The first kappa shape index (κ1) is 7.37. The SMILES string of the molecule is C=CC(F)(C=C)OC. The Labute approximate surface area is 48.5 Å². The Bertz CT molecular complexity index is 90.7. The van der Waals surface area contributed by atoms with Gasteiger partial charge in [-0.2, -0.15) is 0 Å². The molecule has 0 amide bonds. The van der Waals surface area contributed by atoms with E-state index in [1.807, 2.05) is 0 Å². The van der Waals surface area contributed by atoms with Crippen molar-refractivity contribution in [1.82, 2.24) is 0 Å². The largest absolute Gasteiger partial charge is 0.343 e. The molecule has 0 saturated heterocycles. The van der Waals surface area contributed by atoms with Gasteiger partial charge in [0.15, 0.2) is 0 Å². The molecule has 0 rings (SSSR count). The normalized spacial score (nSPS) is 10.8. The minimum atomic E-state index is -1.85. The first-order chi connectivity index (χ1) is 3.68. The van der Waals surface area contributed by atoms with Crippen LogP contribution in [0.5, 0.6) is 0 Å². The van der Waals surface area contributed by atoms with Gasteiger partial charge < -0.3 is 4.74 Å². The molecule has 1 nitrogen and oxygen atoms in total. The number of ether oxygens (including phenoxy) is 1.